The largest absolute Gasteiger partial charge is 0.465 e. The lowest BCUT2D eigenvalue weighted by Gasteiger charge is -2.29. The number of ether oxygens (including phenoxy) is 1. The Balaban J connectivity index is 2.02. The fourth-order valence-electron chi connectivity index (χ4n) is 3.08. The molecule has 1 aromatic heterocycles. The van der Waals surface area contributed by atoms with Crippen LogP contribution in [0.2, 0.25) is 0 Å². The van der Waals surface area contributed by atoms with Crippen LogP contribution >= 0.6 is 11.3 Å². The van der Waals surface area contributed by atoms with E-state index in [0.717, 1.165) is 11.1 Å². The zero-order valence-electron chi connectivity index (χ0n) is 13.2. The average molecular weight is 344 g/mol. The van der Waals surface area contributed by atoms with E-state index in [0.29, 0.717) is 12.0 Å². The lowest BCUT2D eigenvalue weighted by atomic mass is 9.74. The van der Waals surface area contributed by atoms with Gasteiger partial charge in [0.2, 0.25) is 0 Å². The number of halogens is 1. The fourth-order valence-corrected chi connectivity index (χ4v) is 3.76. The van der Waals surface area contributed by atoms with Gasteiger partial charge in [0, 0.05) is 5.92 Å². The first-order valence-electron chi connectivity index (χ1n) is 7.79. The first-order chi connectivity index (χ1) is 11.6. The zero-order valence-corrected chi connectivity index (χ0v) is 14.0. The molecule has 0 aliphatic heterocycles. The van der Waals surface area contributed by atoms with E-state index in [1.54, 1.807) is 30.4 Å². The number of hydrogen-bond donors (Lipinski definition) is 0. The summed E-state index contributed by atoms with van der Waals surface area (Å²) in [5.41, 5.74) is 2.48. The molecule has 1 heterocycles. The Kier molecular flexibility index (Phi) is 4.90. The maximum absolute atomic E-state index is 13.7. The summed E-state index contributed by atoms with van der Waals surface area (Å²) < 4.78 is 18.7. The molecular formula is C19H17FO3S. The van der Waals surface area contributed by atoms with Crippen LogP contribution in [0.1, 0.15) is 30.4 Å². The maximum atomic E-state index is 13.7. The third kappa shape index (κ3) is 3.31. The summed E-state index contributed by atoms with van der Waals surface area (Å²) in [5, 5.41) is 3.90. The Labute approximate surface area is 143 Å². The smallest absolute Gasteiger partial charge is 0.317 e. The summed E-state index contributed by atoms with van der Waals surface area (Å²) in [4.78, 5) is 24.9. The van der Waals surface area contributed by atoms with Crippen LogP contribution in [0, 0.1) is 11.7 Å². The highest BCUT2D eigenvalue weighted by molar-refractivity contribution is 7.08. The normalized spacial score (nSPS) is 20.6. The van der Waals surface area contributed by atoms with Crippen LogP contribution in [0.3, 0.4) is 0 Å². The van der Waals surface area contributed by atoms with Gasteiger partial charge in [0.05, 0.1) is 6.61 Å². The van der Waals surface area contributed by atoms with E-state index >= 15 is 0 Å². The molecular weight excluding hydrogens is 327 g/mol. The number of ketones is 1. The molecule has 0 bridgehead atoms. The van der Waals surface area contributed by atoms with Gasteiger partial charge in [0.15, 0.2) is 5.78 Å². The number of allylic oxidation sites excluding steroid dienone is 2. The zero-order chi connectivity index (χ0) is 17.1. The van der Waals surface area contributed by atoms with Gasteiger partial charge in [-0.25, -0.2) is 4.39 Å². The summed E-state index contributed by atoms with van der Waals surface area (Å²) in [6, 6.07) is 8.03. The molecule has 0 amide bonds. The van der Waals surface area contributed by atoms with Crippen LogP contribution in [0.4, 0.5) is 4.39 Å². The van der Waals surface area contributed by atoms with Crippen molar-refractivity contribution in [3.05, 3.63) is 64.1 Å². The van der Waals surface area contributed by atoms with Gasteiger partial charge in [-0.15, -0.1) is 0 Å². The van der Waals surface area contributed by atoms with Gasteiger partial charge in [-0.1, -0.05) is 12.1 Å². The predicted octanol–water partition coefficient (Wildman–Crippen LogP) is 4.21. The SMILES string of the molecule is CCOC(=O)[C@H]1C(=O)C=C(c2ccsc2)C[C@H]1c1cccc(F)c1. The molecule has 124 valence electrons. The fraction of sp³-hybridized carbons (Fsp3) is 0.263. The van der Waals surface area contributed by atoms with Crippen molar-refractivity contribution in [3.63, 3.8) is 0 Å². The Morgan fingerprint density at radius 3 is 2.88 bits per heavy atom. The maximum Gasteiger partial charge on any atom is 0.317 e. The molecule has 2 aromatic rings. The predicted molar refractivity (Wildman–Crippen MR) is 91.2 cm³/mol. The second kappa shape index (κ2) is 7.09. The highest BCUT2D eigenvalue weighted by atomic mass is 32.1. The number of rotatable bonds is 4. The van der Waals surface area contributed by atoms with Gasteiger partial charge in [-0.3, -0.25) is 9.59 Å². The third-order valence-corrected chi connectivity index (χ3v) is 4.86. The molecule has 0 radical (unpaired) electrons. The molecule has 5 heteroatoms. The van der Waals surface area contributed by atoms with E-state index in [1.165, 1.54) is 18.2 Å². The first-order valence-corrected chi connectivity index (χ1v) is 8.73. The van der Waals surface area contributed by atoms with Crippen molar-refractivity contribution in [1.82, 2.24) is 0 Å². The van der Waals surface area contributed by atoms with Crippen molar-refractivity contribution >= 4 is 28.7 Å². The van der Waals surface area contributed by atoms with E-state index in [9.17, 15) is 14.0 Å². The Hall–Kier alpha value is -2.27. The Morgan fingerprint density at radius 2 is 2.21 bits per heavy atom. The molecule has 3 rings (SSSR count). The molecule has 1 aliphatic carbocycles. The molecule has 3 nitrogen and oxygen atoms in total. The average Bonchev–Trinajstić information content (AvgIpc) is 3.08. The van der Waals surface area contributed by atoms with Crippen LogP contribution in [-0.4, -0.2) is 18.4 Å². The van der Waals surface area contributed by atoms with Crippen LogP contribution in [-0.2, 0) is 14.3 Å². The van der Waals surface area contributed by atoms with Crippen molar-refractivity contribution in [1.29, 1.82) is 0 Å². The van der Waals surface area contributed by atoms with Gasteiger partial charge in [0.25, 0.3) is 0 Å². The molecule has 1 aliphatic rings. The van der Waals surface area contributed by atoms with Crippen molar-refractivity contribution < 1.29 is 18.7 Å². The van der Waals surface area contributed by atoms with Crippen LogP contribution in [0.15, 0.2) is 47.2 Å². The minimum Gasteiger partial charge on any atom is -0.465 e. The van der Waals surface area contributed by atoms with E-state index < -0.39 is 17.8 Å². The standard InChI is InChI=1S/C19H17FO3S/c1-2-23-19(22)18-16(12-4-3-5-15(20)8-12)9-14(10-17(18)21)13-6-7-24-11-13/h3-8,10-11,16,18H,2,9H2,1H3/t16-,18+/m0/s1. The topological polar surface area (TPSA) is 43.4 Å². The first kappa shape index (κ1) is 16.6. The van der Waals surface area contributed by atoms with Crippen LogP contribution < -0.4 is 0 Å². The Bertz CT molecular complexity index is 780. The van der Waals surface area contributed by atoms with Crippen molar-refractivity contribution in [3.8, 4) is 0 Å². The highest BCUT2D eigenvalue weighted by Crippen LogP contribution is 2.40. The molecule has 2 atom stereocenters. The minimum atomic E-state index is -0.922. The van der Waals surface area contributed by atoms with Crippen molar-refractivity contribution in [2.45, 2.75) is 19.3 Å². The molecule has 1 aromatic carbocycles. The third-order valence-electron chi connectivity index (χ3n) is 4.17. The minimum absolute atomic E-state index is 0.208. The number of hydrogen-bond acceptors (Lipinski definition) is 4. The number of benzene rings is 1. The number of carbonyl (C=O) groups is 2. The molecule has 0 N–H and O–H groups in total. The summed E-state index contributed by atoms with van der Waals surface area (Å²) in [7, 11) is 0. The van der Waals surface area contributed by atoms with Crippen molar-refractivity contribution in [2.24, 2.45) is 5.92 Å². The van der Waals surface area contributed by atoms with Gasteiger partial charge >= 0.3 is 5.97 Å². The molecule has 24 heavy (non-hydrogen) atoms. The molecule has 0 unspecified atom stereocenters. The highest BCUT2D eigenvalue weighted by Gasteiger charge is 2.39. The number of esters is 1. The summed E-state index contributed by atoms with van der Waals surface area (Å²) in [6.07, 6.45) is 2.02. The summed E-state index contributed by atoms with van der Waals surface area (Å²) in [6.45, 7) is 1.91. The summed E-state index contributed by atoms with van der Waals surface area (Å²) in [5.74, 6) is -2.55. The molecule has 0 spiro atoms. The van der Waals surface area contributed by atoms with Gasteiger partial charge in [-0.2, -0.15) is 11.3 Å². The number of carbonyl (C=O) groups excluding carboxylic acids is 2. The van der Waals surface area contributed by atoms with Crippen LogP contribution in [0.5, 0.6) is 0 Å². The van der Waals surface area contributed by atoms with E-state index in [2.05, 4.69) is 0 Å². The lowest BCUT2D eigenvalue weighted by molar-refractivity contribution is -0.151. The molecule has 0 saturated heterocycles. The quantitative estimate of drug-likeness (QED) is 0.616. The second-order valence-corrected chi connectivity index (χ2v) is 6.46. The Morgan fingerprint density at radius 1 is 1.38 bits per heavy atom. The molecule has 0 saturated carbocycles. The summed E-state index contributed by atoms with van der Waals surface area (Å²) >= 11 is 1.55. The lowest BCUT2D eigenvalue weighted by Crippen LogP contribution is -2.34. The van der Waals surface area contributed by atoms with E-state index in [4.69, 9.17) is 4.74 Å². The van der Waals surface area contributed by atoms with Crippen LogP contribution in [0.25, 0.3) is 5.57 Å². The van der Waals surface area contributed by atoms with E-state index in [-0.39, 0.29) is 18.2 Å². The van der Waals surface area contributed by atoms with E-state index in [1.807, 2.05) is 16.8 Å². The van der Waals surface area contributed by atoms with Gasteiger partial charge < -0.3 is 4.74 Å². The molecule has 0 fully saturated rings. The monoisotopic (exact) mass is 344 g/mol. The number of thiophene rings is 1. The van der Waals surface area contributed by atoms with Gasteiger partial charge in [-0.05, 0) is 65.1 Å². The van der Waals surface area contributed by atoms with Crippen molar-refractivity contribution in [2.75, 3.05) is 6.61 Å². The second-order valence-electron chi connectivity index (χ2n) is 5.68. The van der Waals surface area contributed by atoms with Gasteiger partial charge in [0.1, 0.15) is 11.7 Å².